The zero-order valence-corrected chi connectivity index (χ0v) is 17.8. The fourth-order valence-corrected chi connectivity index (χ4v) is 4.42. The number of hydrogen-bond acceptors (Lipinski definition) is 4. The third kappa shape index (κ3) is 2.87. The van der Waals surface area contributed by atoms with Gasteiger partial charge in [-0.3, -0.25) is 9.59 Å². The van der Waals surface area contributed by atoms with Crippen molar-refractivity contribution >= 4 is 44.9 Å². The van der Waals surface area contributed by atoms with Crippen LogP contribution in [-0.2, 0) is 16.1 Å². The van der Waals surface area contributed by atoms with Crippen LogP contribution in [0.2, 0.25) is 0 Å². The zero-order chi connectivity index (χ0) is 22.4. The molecule has 0 saturated heterocycles. The molecule has 4 aromatic rings. The first-order valence-electron chi connectivity index (χ1n) is 10.6. The summed E-state index contributed by atoms with van der Waals surface area (Å²) in [5, 5.41) is 12.5. The zero-order valence-electron chi connectivity index (χ0n) is 17.8. The van der Waals surface area contributed by atoms with Gasteiger partial charge in [0.1, 0.15) is 5.75 Å². The maximum absolute atomic E-state index is 13.2. The van der Waals surface area contributed by atoms with E-state index >= 15 is 0 Å². The average Bonchev–Trinajstić information content (AvgIpc) is 3.24. The van der Waals surface area contributed by atoms with Gasteiger partial charge in [-0.25, -0.2) is 4.90 Å². The number of fused-ring (bicyclic) bond motifs is 3. The van der Waals surface area contributed by atoms with E-state index in [1.807, 2.05) is 37.3 Å². The van der Waals surface area contributed by atoms with Gasteiger partial charge in [0.15, 0.2) is 5.76 Å². The molecule has 6 nitrogen and oxygen atoms in total. The number of ether oxygens (including phenoxy) is 1. The minimum Gasteiger partial charge on any atom is -0.502 e. The first kappa shape index (κ1) is 19.9. The lowest BCUT2D eigenvalue weighted by molar-refractivity contribution is -0.121. The van der Waals surface area contributed by atoms with E-state index in [-0.39, 0.29) is 5.57 Å². The Morgan fingerprint density at radius 2 is 1.56 bits per heavy atom. The lowest BCUT2D eigenvalue weighted by Crippen LogP contribution is -2.31. The number of carbonyl (C=O) groups is 2. The maximum atomic E-state index is 13.2. The molecule has 0 spiro atoms. The topological polar surface area (TPSA) is 71.8 Å². The van der Waals surface area contributed by atoms with Gasteiger partial charge in [-0.15, -0.1) is 0 Å². The second kappa shape index (κ2) is 7.57. The number of imide groups is 1. The molecule has 0 bridgehead atoms. The second-order valence-electron chi connectivity index (χ2n) is 7.59. The van der Waals surface area contributed by atoms with Crippen LogP contribution >= 0.6 is 0 Å². The number of aromatic nitrogens is 1. The van der Waals surface area contributed by atoms with Crippen molar-refractivity contribution in [2.75, 3.05) is 11.5 Å². The van der Waals surface area contributed by atoms with Crippen molar-refractivity contribution in [1.82, 2.24) is 4.57 Å². The van der Waals surface area contributed by atoms with E-state index in [0.29, 0.717) is 23.6 Å². The molecule has 0 radical (unpaired) electrons. The first-order valence-corrected chi connectivity index (χ1v) is 10.6. The number of rotatable bonds is 5. The summed E-state index contributed by atoms with van der Waals surface area (Å²) in [7, 11) is 0. The highest BCUT2D eigenvalue weighted by Crippen LogP contribution is 2.36. The van der Waals surface area contributed by atoms with E-state index in [1.165, 1.54) is 0 Å². The van der Waals surface area contributed by atoms with E-state index in [9.17, 15) is 14.7 Å². The van der Waals surface area contributed by atoms with E-state index in [1.54, 1.807) is 30.3 Å². The third-order valence-corrected chi connectivity index (χ3v) is 5.84. The van der Waals surface area contributed by atoms with Crippen molar-refractivity contribution in [1.29, 1.82) is 0 Å². The van der Waals surface area contributed by atoms with E-state index in [0.717, 1.165) is 33.3 Å². The Bertz CT molecular complexity index is 1410. The van der Waals surface area contributed by atoms with Crippen molar-refractivity contribution in [3.8, 4) is 5.75 Å². The third-order valence-electron chi connectivity index (χ3n) is 5.84. The van der Waals surface area contributed by atoms with Gasteiger partial charge in [0.2, 0.25) is 0 Å². The molecule has 0 fully saturated rings. The molecule has 1 aliphatic heterocycles. The van der Waals surface area contributed by atoms with E-state index < -0.39 is 17.6 Å². The Hall–Kier alpha value is -4.06. The van der Waals surface area contributed by atoms with Crippen LogP contribution in [0.15, 0.2) is 72.5 Å². The van der Waals surface area contributed by atoms with Crippen LogP contribution in [0.4, 0.5) is 5.69 Å². The van der Waals surface area contributed by atoms with Gasteiger partial charge in [-0.2, -0.15) is 0 Å². The van der Waals surface area contributed by atoms with Crippen LogP contribution in [0.1, 0.15) is 19.4 Å². The summed E-state index contributed by atoms with van der Waals surface area (Å²) in [4.78, 5) is 27.2. The normalized spacial score (nSPS) is 14.2. The summed E-state index contributed by atoms with van der Waals surface area (Å²) in [5.74, 6) is -1.16. The van der Waals surface area contributed by atoms with Crippen molar-refractivity contribution in [2.24, 2.45) is 0 Å². The monoisotopic (exact) mass is 426 g/mol. The maximum Gasteiger partial charge on any atom is 0.301 e. The van der Waals surface area contributed by atoms with Crippen molar-refractivity contribution in [3.05, 3.63) is 78.1 Å². The number of anilines is 1. The summed E-state index contributed by atoms with van der Waals surface area (Å²) >= 11 is 0. The number of aryl methyl sites for hydroxylation is 1. The van der Waals surface area contributed by atoms with Gasteiger partial charge >= 0.3 is 5.91 Å². The van der Waals surface area contributed by atoms with Crippen LogP contribution < -0.4 is 9.64 Å². The average molecular weight is 426 g/mol. The summed E-state index contributed by atoms with van der Waals surface area (Å²) in [6.45, 7) is 5.29. The smallest absolute Gasteiger partial charge is 0.301 e. The number of para-hydroxylation sites is 1. The standard InChI is InChI=1S/C26H22N2O4/c1-3-27-21-8-6-5-7-19(21)20-15-17(11-14-22(20)27)28-25(30)23(24(29)26(28)31)16-9-12-18(13-10-16)32-4-2/h5-15,29H,3-4H2,1-2H3. The number of hydrogen-bond donors (Lipinski definition) is 1. The Morgan fingerprint density at radius 1 is 0.844 bits per heavy atom. The molecule has 5 rings (SSSR count). The first-order chi connectivity index (χ1) is 15.5. The van der Waals surface area contributed by atoms with Crippen molar-refractivity contribution < 1.29 is 19.4 Å². The van der Waals surface area contributed by atoms with Crippen LogP contribution in [-0.4, -0.2) is 28.1 Å². The minimum atomic E-state index is -0.725. The molecule has 1 aromatic heterocycles. The molecule has 160 valence electrons. The molecule has 0 atom stereocenters. The molecule has 0 saturated carbocycles. The molecular weight excluding hydrogens is 404 g/mol. The minimum absolute atomic E-state index is 0.00543. The predicted octanol–water partition coefficient (Wildman–Crippen LogP) is 5.06. The highest BCUT2D eigenvalue weighted by molar-refractivity contribution is 6.45. The van der Waals surface area contributed by atoms with E-state index in [2.05, 4.69) is 17.6 Å². The molecule has 1 N–H and O–H groups in total. The summed E-state index contributed by atoms with van der Waals surface area (Å²) < 4.78 is 7.63. The van der Waals surface area contributed by atoms with Gasteiger partial charge in [0, 0.05) is 28.4 Å². The fraction of sp³-hybridized carbons (Fsp3) is 0.154. The highest BCUT2D eigenvalue weighted by atomic mass is 16.5. The molecule has 1 aliphatic rings. The van der Waals surface area contributed by atoms with Gasteiger partial charge in [-0.05, 0) is 55.8 Å². The van der Waals surface area contributed by atoms with Crippen LogP contribution in [0.3, 0.4) is 0 Å². The summed E-state index contributed by atoms with van der Waals surface area (Å²) in [6, 6.07) is 20.3. The molecule has 0 aliphatic carbocycles. The molecule has 6 heteroatoms. The van der Waals surface area contributed by atoms with Crippen molar-refractivity contribution in [2.45, 2.75) is 20.4 Å². The Morgan fingerprint density at radius 3 is 2.28 bits per heavy atom. The van der Waals surface area contributed by atoms with Gasteiger partial charge in [0.25, 0.3) is 5.91 Å². The lowest BCUT2D eigenvalue weighted by Gasteiger charge is -2.15. The SMILES string of the molecule is CCOc1ccc(C2=C(O)C(=O)N(c3ccc4c(c3)c3ccccc3n4CC)C2=O)cc1. The van der Waals surface area contributed by atoms with E-state index in [4.69, 9.17) is 4.74 Å². The predicted molar refractivity (Wildman–Crippen MR) is 125 cm³/mol. The van der Waals surface area contributed by atoms with Gasteiger partial charge in [0.05, 0.1) is 17.9 Å². The molecule has 2 heterocycles. The molecule has 0 unspecified atom stereocenters. The number of nitrogens with zero attached hydrogens (tertiary/aromatic N) is 2. The number of benzene rings is 3. The molecule has 32 heavy (non-hydrogen) atoms. The summed E-state index contributed by atoms with van der Waals surface area (Å²) in [5.41, 5.74) is 3.02. The fourth-order valence-electron chi connectivity index (χ4n) is 4.42. The number of aliphatic hydroxyl groups is 1. The van der Waals surface area contributed by atoms with Gasteiger partial charge in [-0.1, -0.05) is 30.3 Å². The van der Waals surface area contributed by atoms with Crippen molar-refractivity contribution in [3.63, 3.8) is 0 Å². The largest absolute Gasteiger partial charge is 0.502 e. The highest BCUT2D eigenvalue weighted by Gasteiger charge is 2.40. The lowest BCUT2D eigenvalue weighted by atomic mass is 10.1. The number of aliphatic hydroxyl groups excluding tert-OH is 1. The van der Waals surface area contributed by atoms with Crippen LogP contribution in [0.5, 0.6) is 5.75 Å². The number of carbonyl (C=O) groups excluding carboxylic acids is 2. The van der Waals surface area contributed by atoms with Crippen LogP contribution in [0.25, 0.3) is 27.4 Å². The molecule has 3 aromatic carbocycles. The van der Waals surface area contributed by atoms with Crippen LogP contribution in [0, 0.1) is 0 Å². The second-order valence-corrected chi connectivity index (χ2v) is 7.59. The summed E-state index contributed by atoms with van der Waals surface area (Å²) in [6.07, 6.45) is 0. The quantitative estimate of drug-likeness (QED) is 0.453. The Balaban J connectivity index is 1.58. The van der Waals surface area contributed by atoms with Gasteiger partial charge < -0.3 is 14.4 Å². The molecular formula is C26H22N2O4. The molecule has 2 amide bonds. The number of amides is 2. The Kier molecular flexibility index (Phi) is 4.70. The Labute approximate surface area is 184 Å².